The van der Waals surface area contributed by atoms with E-state index in [1.165, 1.54) is 6.42 Å². The van der Waals surface area contributed by atoms with Crippen LogP contribution in [-0.2, 0) is 13.1 Å². The van der Waals surface area contributed by atoms with Crippen molar-refractivity contribution in [2.45, 2.75) is 33.4 Å². The lowest BCUT2D eigenvalue weighted by molar-refractivity contribution is 0.608. The van der Waals surface area contributed by atoms with Gasteiger partial charge in [0.1, 0.15) is 5.82 Å². The third kappa shape index (κ3) is 2.34. The van der Waals surface area contributed by atoms with Gasteiger partial charge < -0.3 is 9.88 Å². The Morgan fingerprint density at radius 1 is 1.50 bits per heavy atom. The zero-order valence-corrected chi connectivity index (χ0v) is 7.88. The average Bonchev–Trinajstić information content (AvgIpc) is 2.52. The molecule has 0 saturated heterocycles. The monoisotopic (exact) mass is 167 g/mol. The van der Waals surface area contributed by atoms with Crippen molar-refractivity contribution in [3.8, 4) is 0 Å². The van der Waals surface area contributed by atoms with Gasteiger partial charge >= 0.3 is 0 Å². The minimum Gasteiger partial charge on any atom is -0.334 e. The number of rotatable bonds is 5. The fourth-order valence-corrected chi connectivity index (χ4v) is 1.17. The average molecular weight is 167 g/mol. The third-order valence-electron chi connectivity index (χ3n) is 1.85. The molecular formula is C9H17N3. The standard InChI is InChI=1S/C9H17N3/c1-3-5-10-8-9-11-6-7-12(9)4-2/h6-7,10H,3-5,8H2,1-2H3. The van der Waals surface area contributed by atoms with Crippen molar-refractivity contribution < 1.29 is 0 Å². The summed E-state index contributed by atoms with van der Waals surface area (Å²) in [5.41, 5.74) is 0. The normalized spacial score (nSPS) is 10.5. The molecule has 0 unspecified atom stereocenters. The number of aromatic nitrogens is 2. The van der Waals surface area contributed by atoms with Crippen LogP contribution in [0.15, 0.2) is 12.4 Å². The van der Waals surface area contributed by atoms with Gasteiger partial charge in [0.15, 0.2) is 0 Å². The van der Waals surface area contributed by atoms with Gasteiger partial charge in [0.25, 0.3) is 0 Å². The van der Waals surface area contributed by atoms with E-state index in [2.05, 4.69) is 28.7 Å². The van der Waals surface area contributed by atoms with E-state index in [1.807, 2.05) is 12.4 Å². The van der Waals surface area contributed by atoms with Crippen LogP contribution >= 0.6 is 0 Å². The fourth-order valence-electron chi connectivity index (χ4n) is 1.17. The molecule has 1 N–H and O–H groups in total. The molecule has 0 fully saturated rings. The lowest BCUT2D eigenvalue weighted by Gasteiger charge is -2.04. The highest BCUT2D eigenvalue weighted by atomic mass is 15.1. The van der Waals surface area contributed by atoms with Crippen molar-refractivity contribution in [2.75, 3.05) is 6.54 Å². The molecule has 3 nitrogen and oxygen atoms in total. The lowest BCUT2D eigenvalue weighted by Crippen LogP contribution is -2.17. The highest BCUT2D eigenvalue weighted by Crippen LogP contribution is 1.96. The van der Waals surface area contributed by atoms with Crippen LogP contribution in [0.5, 0.6) is 0 Å². The quantitative estimate of drug-likeness (QED) is 0.672. The summed E-state index contributed by atoms with van der Waals surface area (Å²) in [6, 6.07) is 0. The third-order valence-corrected chi connectivity index (χ3v) is 1.85. The molecule has 1 aromatic heterocycles. The summed E-state index contributed by atoms with van der Waals surface area (Å²) in [6.45, 7) is 7.25. The van der Waals surface area contributed by atoms with Gasteiger partial charge in [-0.25, -0.2) is 4.98 Å². The van der Waals surface area contributed by atoms with Gasteiger partial charge in [-0.2, -0.15) is 0 Å². The molecule has 0 spiro atoms. The van der Waals surface area contributed by atoms with Gasteiger partial charge in [0.05, 0.1) is 6.54 Å². The molecule has 68 valence electrons. The molecule has 0 aliphatic carbocycles. The molecule has 1 heterocycles. The second-order valence-electron chi connectivity index (χ2n) is 2.81. The zero-order chi connectivity index (χ0) is 8.81. The van der Waals surface area contributed by atoms with Gasteiger partial charge in [-0.15, -0.1) is 0 Å². The van der Waals surface area contributed by atoms with Crippen LogP contribution in [0.3, 0.4) is 0 Å². The minimum atomic E-state index is 0.884. The van der Waals surface area contributed by atoms with Crippen LogP contribution in [0.4, 0.5) is 0 Å². The summed E-state index contributed by atoms with van der Waals surface area (Å²) in [4.78, 5) is 4.26. The van der Waals surface area contributed by atoms with E-state index < -0.39 is 0 Å². The van der Waals surface area contributed by atoms with Crippen LogP contribution in [-0.4, -0.2) is 16.1 Å². The molecule has 0 saturated carbocycles. The van der Waals surface area contributed by atoms with Crippen molar-refractivity contribution in [1.29, 1.82) is 0 Å². The lowest BCUT2D eigenvalue weighted by atomic mass is 10.4. The largest absolute Gasteiger partial charge is 0.334 e. The number of imidazole rings is 1. The minimum absolute atomic E-state index is 0.884. The Labute approximate surface area is 73.8 Å². The van der Waals surface area contributed by atoms with E-state index in [9.17, 15) is 0 Å². The van der Waals surface area contributed by atoms with Gasteiger partial charge in [0, 0.05) is 18.9 Å². The highest BCUT2D eigenvalue weighted by Gasteiger charge is 1.98. The summed E-state index contributed by atoms with van der Waals surface area (Å²) < 4.78 is 2.16. The van der Waals surface area contributed by atoms with Crippen LogP contribution < -0.4 is 5.32 Å². The Morgan fingerprint density at radius 3 is 3.00 bits per heavy atom. The van der Waals surface area contributed by atoms with Crippen molar-refractivity contribution in [1.82, 2.24) is 14.9 Å². The summed E-state index contributed by atoms with van der Waals surface area (Å²) in [5, 5.41) is 3.33. The maximum Gasteiger partial charge on any atom is 0.122 e. The number of hydrogen-bond acceptors (Lipinski definition) is 2. The molecule has 3 heteroatoms. The van der Waals surface area contributed by atoms with Gasteiger partial charge in [-0.3, -0.25) is 0 Å². The van der Waals surface area contributed by atoms with Gasteiger partial charge in [-0.1, -0.05) is 6.92 Å². The summed E-state index contributed by atoms with van der Waals surface area (Å²) >= 11 is 0. The first kappa shape index (κ1) is 9.26. The maximum absolute atomic E-state index is 4.26. The second kappa shape index (κ2) is 4.93. The molecule has 0 aliphatic rings. The predicted octanol–water partition coefficient (Wildman–Crippen LogP) is 1.40. The Hall–Kier alpha value is -0.830. The molecule has 0 amide bonds. The molecule has 0 atom stereocenters. The van der Waals surface area contributed by atoms with E-state index in [0.29, 0.717) is 0 Å². The van der Waals surface area contributed by atoms with Crippen LogP contribution in [0.25, 0.3) is 0 Å². The molecule has 0 bridgehead atoms. The summed E-state index contributed by atoms with van der Waals surface area (Å²) in [5.74, 6) is 1.13. The summed E-state index contributed by atoms with van der Waals surface area (Å²) in [7, 11) is 0. The first-order chi connectivity index (χ1) is 5.88. The molecular weight excluding hydrogens is 150 g/mol. The van der Waals surface area contributed by atoms with Crippen molar-refractivity contribution in [2.24, 2.45) is 0 Å². The Balaban J connectivity index is 2.39. The van der Waals surface area contributed by atoms with Crippen LogP contribution in [0.1, 0.15) is 26.1 Å². The number of hydrogen-bond donors (Lipinski definition) is 1. The van der Waals surface area contributed by atoms with Crippen LogP contribution in [0, 0.1) is 0 Å². The first-order valence-electron chi connectivity index (χ1n) is 4.59. The number of nitrogens with one attached hydrogen (secondary N) is 1. The molecule has 12 heavy (non-hydrogen) atoms. The van der Waals surface area contributed by atoms with Gasteiger partial charge in [0.2, 0.25) is 0 Å². The van der Waals surface area contributed by atoms with E-state index in [0.717, 1.165) is 25.5 Å². The SMILES string of the molecule is CCCNCc1nccn1CC. The van der Waals surface area contributed by atoms with E-state index in [1.54, 1.807) is 0 Å². The Kier molecular flexibility index (Phi) is 3.80. The fraction of sp³-hybridized carbons (Fsp3) is 0.667. The topological polar surface area (TPSA) is 29.9 Å². The predicted molar refractivity (Wildman–Crippen MR) is 49.9 cm³/mol. The molecule has 0 aliphatic heterocycles. The molecule has 1 aromatic rings. The van der Waals surface area contributed by atoms with Crippen LogP contribution in [0.2, 0.25) is 0 Å². The first-order valence-corrected chi connectivity index (χ1v) is 4.59. The Morgan fingerprint density at radius 2 is 2.33 bits per heavy atom. The van der Waals surface area contributed by atoms with E-state index in [4.69, 9.17) is 0 Å². The van der Waals surface area contributed by atoms with E-state index >= 15 is 0 Å². The summed E-state index contributed by atoms with van der Waals surface area (Å²) in [6.07, 6.45) is 5.04. The van der Waals surface area contributed by atoms with Gasteiger partial charge in [-0.05, 0) is 19.9 Å². The molecule has 0 radical (unpaired) electrons. The van der Waals surface area contributed by atoms with Crippen molar-refractivity contribution in [3.63, 3.8) is 0 Å². The zero-order valence-electron chi connectivity index (χ0n) is 7.88. The van der Waals surface area contributed by atoms with E-state index in [-0.39, 0.29) is 0 Å². The highest BCUT2D eigenvalue weighted by molar-refractivity contribution is 4.91. The number of aryl methyl sites for hydroxylation is 1. The van der Waals surface area contributed by atoms with Crippen molar-refractivity contribution in [3.05, 3.63) is 18.2 Å². The Bertz CT molecular complexity index is 217. The smallest absolute Gasteiger partial charge is 0.122 e. The molecule has 1 rings (SSSR count). The number of nitrogens with zero attached hydrogens (tertiary/aromatic N) is 2. The maximum atomic E-state index is 4.26. The van der Waals surface area contributed by atoms with Crippen molar-refractivity contribution >= 4 is 0 Å². The molecule has 0 aromatic carbocycles. The second-order valence-corrected chi connectivity index (χ2v) is 2.81.